The fourth-order valence-electron chi connectivity index (χ4n) is 2.26. The van der Waals surface area contributed by atoms with Gasteiger partial charge in [-0.3, -0.25) is 9.78 Å². The van der Waals surface area contributed by atoms with Crippen molar-refractivity contribution in [3.63, 3.8) is 0 Å². The molecule has 1 saturated carbocycles. The van der Waals surface area contributed by atoms with E-state index in [1.807, 2.05) is 12.1 Å². The zero-order chi connectivity index (χ0) is 14.8. The zero-order valence-corrected chi connectivity index (χ0v) is 12.9. The predicted octanol–water partition coefficient (Wildman–Crippen LogP) is 3.79. The van der Waals surface area contributed by atoms with Crippen LogP contribution in [0, 0.1) is 5.82 Å². The minimum atomic E-state index is -0.419. The summed E-state index contributed by atoms with van der Waals surface area (Å²) >= 11 is 3.17. The Morgan fingerprint density at radius 1 is 1.33 bits per heavy atom. The molecule has 0 N–H and O–H groups in total. The third kappa shape index (κ3) is 3.13. The molecule has 1 aromatic carbocycles. The molecule has 5 heteroatoms. The molecular formula is C16H14BrFN2O. The van der Waals surface area contributed by atoms with Crippen LogP contribution in [0.15, 0.2) is 47.2 Å². The molecule has 0 spiro atoms. The lowest BCUT2D eigenvalue weighted by Gasteiger charge is -2.23. The van der Waals surface area contributed by atoms with Crippen LogP contribution in [0.2, 0.25) is 0 Å². The number of carbonyl (C=O) groups excluding carboxylic acids is 1. The predicted molar refractivity (Wildman–Crippen MR) is 81.2 cm³/mol. The van der Waals surface area contributed by atoms with Gasteiger partial charge in [0.25, 0.3) is 5.91 Å². The third-order valence-electron chi connectivity index (χ3n) is 3.51. The van der Waals surface area contributed by atoms with Gasteiger partial charge in [0.05, 0.1) is 10.0 Å². The Morgan fingerprint density at radius 2 is 2.14 bits per heavy atom. The number of aromatic nitrogens is 1. The van der Waals surface area contributed by atoms with Crippen molar-refractivity contribution in [1.29, 1.82) is 0 Å². The highest BCUT2D eigenvalue weighted by Crippen LogP contribution is 2.31. The topological polar surface area (TPSA) is 33.2 Å². The van der Waals surface area contributed by atoms with E-state index in [1.165, 1.54) is 6.07 Å². The number of pyridine rings is 1. The summed E-state index contributed by atoms with van der Waals surface area (Å²) in [4.78, 5) is 18.6. The van der Waals surface area contributed by atoms with Crippen LogP contribution in [0.1, 0.15) is 28.8 Å². The smallest absolute Gasteiger partial charge is 0.255 e. The van der Waals surface area contributed by atoms with Crippen molar-refractivity contribution in [2.75, 3.05) is 0 Å². The van der Waals surface area contributed by atoms with E-state index in [0.717, 1.165) is 18.4 Å². The molecule has 1 aromatic heterocycles. The maximum atomic E-state index is 13.6. The normalized spacial score (nSPS) is 14.0. The van der Waals surface area contributed by atoms with E-state index in [4.69, 9.17) is 0 Å². The Bertz CT molecular complexity index is 659. The summed E-state index contributed by atoms with van der Waals surface area (Å²) in [6, 6.07) is 8.58. The molecule has 0 aliphatic heterocycles. The molecule has 1 amide bonds. The first-order chi connectivity index (χ1) is 10.2. The van der Waals surface area contributed by atoms with Crippen molar-refractivity contribution in [1.82, 2.24) is 9.88 Å². The average molecular weight is 349 g/mol. The van der Waals surface area contributed by atoms with Crippen LogP contribution in [0.3, 0.4) is 0 Å². The van der Waals surface area contributed by atoms with E-state index < -0.39 is 5.82 Å². The summed E-state index contributed by atoms with van der Waals surface area (Å²) in [5.74, 6) is -0.564. The van der Waals surface area contributed by atoms with E-state index in [0.29, 0.717) is 12.1 Å². The minimum absolute atomic E-state index is 0.146. The first-order valence-corrected chi connectivity index (χ1v) is 7.60. The molecule has 1 aliphatic rings. The van der Waals surface area contributed by atoms with Crippen LogP contribution in [0.25, 0.3) is 0 Å². The molecule has 1 fully saturated rings. The maximum Gasteiger partial charge on any atom is 0.255 e. The lowest BCUT2D eigenvalue weighted by Crippen LogP contribution is -2.33. The van der Waals surface area contributed by atoms with Crippen molar-refractivity contribution in [2.45, 2.75) is 25.4 Å². The van der Waals surface area contributed by atoms with Gasteiger partial charge in [-0.15, -0.1) is 0 Å². The molecule has 0 saturated heterocycles. The van der Waals surface area contributed by atoms with Crippen LogP contribution >= 0.6 is 15.9 Å². The summed E-state index contributed by atoms with van der Waals surface area (Å²) < 4.78 is 13.8. The van der Waals surface area contributed by atoms with Crippen molar-refractivity contribution in [3.8, 4) is 0 Å². The lowest BCUT2D eigenvalue weighted by molar-refractivity contribution is 0.0728. The van der Waals surface area contributed by atoms with E-state index in [9.17, 15) is 9.18 Å². The van der Waals surface area contributed by atoms with Crippen LogP contribution in [-0.2, 0) is 6.54 Å². The number of amides is 1. The fraction of sp³-hybridized carbons (Fsp3) is 0.250. The van der Waals surface area contributed by atoms with Crippen LogP contribution in [-0.4, -0.2) is 21.8 Å². The summed E-state index contributed by atoms with van der Waals surface area (Å²) in [5, 5.41) is 0. The van der Waals surface area contributed by atoms with Gasteiger partial charge in [0.1, 0.15) is 5.82 Å². The number of rotatable bonds is 4. The second kappa shape index (κ2) is 5.93. The second-order valence-corrected chi connectivity index (χ2v) is 5.92. The highest BCUT2D eigenvalue weighted by molar-refractivity contribution is 9.10. The highest BCUT2D eigenvalue weighted by atomic mass is 79.9. The lowest BCUT2D eigenvalue weighted by atomic mass is 10.1. The fourth-order valence-corrected chi connectivity index (χ4v) is 2.70. The van der Waals surface area contributed by atoms with Gasteiger partial charge in [-0.05, 0) is 52.5 Å². The molecule has 108 valence electrons. The molecular weight excluding hydrogens is 335 g/mol. The Morgan fingerprint density at radius 3 is 2.81 bits per heavy atom. The van der Waals surface area contributed by atoms with Crippen molar-refractivity contribution < 1.29 is 9.18 Å². The largest absolute Gasteiger partial charge is 0.331 e. The molecule has 0 radical (unpaired) electrons. The zero-order valence-electron chi connectivity index (χ0n) is 11.3. The van der Waals surface area contributed by atoms with Gasteiger partial charge in [-0.25, -0.2) is 4.39 Å². The van der Waals surface area contributed by atoms with Gasteiger partial charge in [-0.2, -0.15) is 0 Å². The Labute approximate surface area is 130 Å². The monoisotopic (exact) mass is 348 g/mol. The van der Waals surface area contributed by atoms with Gasteiger partial charge in [0.2, 0.25) is 0 Å². The molecule has 1 heterocycles. The molecule has 2 aromatic rings. The molecule has 0 unspecified atom stereocenters. The average Bonchev–Trinajstić information content (AvgIpc) is 3.33. The quantitative estimate of drug-likeness (QED) is 0.842. The second-order valence-electron chi connectivity index (χ2n) is 5.13. The number of hydrogen-bond donors (Lipinski definition) is 0. The standard InChI is InChI=1S/C16H14BrFN2O/c17-15-13(4-1-5-14(15)18)16(21)20(12-6-7-12)10-11-3-2-8-19-9-11/h1-5,8-9,12H,6-7,10H2. The molecule has 3 rings (SSSR count). The van der Waals surface area contributed by atoms with E-state index in [1.54, 1.807) is 29.4 Å². The first kappa shape index (κ1) is 14.2. The molecule has 0 bridgehead atoms. The van der Waals surface area contributed by atoms with Gasteiger partial charge in [-0.1, -0.05) is 12.1 Å². The molecule has 0 atom stereocenters. The molecule has 1 aliphatic carbocycles. The molecule has 21 heavy (non-hydrogen) atoms. The molecule has 3 nitrogen and oxygen atoms in total. The van der Waals surface area contributed by atoms with Gasteiger partial charge in [0.15, 0.2) is 0 Å². The van der Waals surface area contributed by atoms with Gasteiger partial charge >= 0.3 is 0 Å². The van der Waals surface area contributed by atoms with Gasteiger partial charge < -0.3 is 4.90 Å². The maximum absolute atomic E-state index is 13.6. The third-order valence-corrected chi connectivity index (χ3v) is 4.31. The van der Waals surface area contributed by atoms with Crippen LogP contribution in [0.4, 0.5) is 4.39 Å². The summed E-state index contributed by atoms with van der Waals surface area (Å²) in [5.41, 5.74) is 1.34. The van der Waals surface area contributed by atoms with Crippen molar-refractivity contribution >= 4 is 21.8 Å². The van der Waals surface area contributed by atoms with Crippen LogP contribution < -0.4 is 0 Å². The van der Waals surface area contributed by atoms with E-state index >= 15 is 0 Å². The summed E-state index contributed by atoms with van der Waals surface area (Å²) in [6.45, 7) is 0.500. The van der Waals surface area contributed by atoms with Crippen molar-refractivity contribution in [2.24, 2.45) is 0 Å². The van der Waals surface area contributed by atoms with Gasteiger partial charge in [0, 0.05) is 25.0 Å². The number of nitrogens with zero attached hydrogens (tertiary/aromatic N) is 2. The first-order valence-electron chi connectivity index (χ1n) is 6.80. The summed E-state index contributed by atoms with van der Waals surface area (Å²) in [6.07, 6.45) is 5.46. The highest BCUT2D eigenvalue weighted by Gasteiger charge is 2.34. The van der Waals surface area contributed by atoms with E-state index in [-0.39, 0.29) is 16.4 Å². The Kier molecular flexibility index (Phi) is 4.01. The number of halogens is 2. The Hall–Kier alpha value is -1.75. The number of benzene rings is 1. The van der Waals surface area contributed by atoms with Crippen molar-refractivity contribution in [3.05, 3.63) is 64.1 Å². The Balaban J connectivity index is 1.87. The van der Waals surface area contributed by atoms with Crippen LogP contribution in [0.5, 0.6) is 0 Å². The SMILES string of the molecule is O=C(c1cccc(F)c1Br)N(Cc1cccnc1)C1CC1. The minimum Gasteiger partial charge on any atom is -0.331 e. The summed E-state index contributed by atoms with van der Waals surface area (Å²) in [7, 11) is 0. The van der Waals surface area contributed by atoms with E-state index in [2.05, 4.69) is 20.9 Å². The number of hydrogen-bond acceptors (Lipinski definition) is 2. The number of carbonyl (C=O) groups is 1.